The lowest BCUT2D eigenvalue weighted by atomic mass is 10.1. The Morgan fingerprint density at radius 3 is 2.12 bits per heavy atom. The third-order valence-electron chi connectivity index (χ3n) is 2.25. The van der Waals surface area contributed by atoms with E-state index in [4.69, 9.17) is 11.6 Å². The Labute approximate surface area is 100 Å². The Balaban J connectivity index is 3.10. The van der Waals surface area contributed by atoms with E-state index in [9.17, 15) is 13.2 Å². The molecule has 0 fully saturated rings. The third kappa shape index (κ3) is 2.62. The SMILES string of the molecule is CC(C)S(=O)(=O)c1ccc(C(=O)CCl)cc1. The van der Waals surface area contributed by atoms with Crippen molar-refractivity contribution < 1.29 is 13.2 Å². The van der Waals surface area contributed by atoms with Crippen LogP contribution in [0.5, 0.6) is 0 Å². The van der Waals surface area contributed by atoms with Crippen molar-refractivity contribution in [3.8, 4) is 0 Å². The molecule has 1 rings (SSSR count). The molecule has 1 aromatic rings. The van der Waals surface area contributed by atoms with E-state index in [0.717, 1.165) is 0 Å². The van der Waals surface area contributed by atoms with Crippen LogP contribution in [0.1, 0.15) is 24.2 Å². The number of Topliss-reactive ketones (excluding diaryl/α,β-unsaturated/α-hetero) is 1. The van der Waals surface area contributed by atoms with Crippen molar-refractivity contribution >= 4 is 27.2 Å². The van der Waals surface area contributed by atoms with Crippen LogP contribution in [0, 0.1) is 0 Å². The monoisotopic (exact) mass is 260 g/mol. The first-order chi connectivity index (χ1) is 7.39. The predicted octanol–water partition coefficient (Wildman–Crippen LogP) is 2.29. The molecular formula is C11H13ClO3S. The van der Waals surface area contributed by atoms with Crippen LogP contribution in [0.2, 0.25) is 0 Å². The fourth-order valence-electron chi connectivity index (χ4n) is 1.18. The van der Waals surface area contributed by atoms with Crippen LogP contribution in [0.25, 0.3) is 0 Å². The molecule has 0 saturated heterocycles. The second kappa shape index (κ2) is 4.97. The van der Waals surface area contributed by atoms with Crippen molar-refractivity contribution in [2.45, 2.75) is 24.0 Å². The standard InChI is InChI=1S/C11H13ClO3S/c1-8(2)16(14,15)10-5-3-9(4-6-10)11(13)7-12/h3-6,8H,7H2,1-2H3. The van der Waals surface area contributed by atoms with Crippen molar-refractivity contribution in [3.63, 3.8) is 0 Å². The van der Waals surface area contributed by atoms with Gasteiger partial charge < -0.3 is 0 Å². The molecule has 0 saturated carbocycles. The maximum absolute atomic E-state index is 11.8. The molecule has 0 radical (unpaired) electrons. The summed E-state index contributed by atoms with van der Waals surface area (Å²) in [6.07, 6.45) is 0. The van der Waals surface area contributed by atoms with Gasteiger partial charge in [-0.15, -0.1) is 11.6 Å². The smallest absolute Gasteiger partial charge is 0.180 e. The lowest BCUT2D eigenvalue weighted by Gasteiger charge is -2.07. The Kier molecular flexibility index (Phi) is 4.10. The molecule has 1 aromatic carbocycles. The number of hydrogen-bond acceptors (Lipinski definition) is 3. The summed E-state index contributed by atoms with van der Waals surface area (Å²) in [5, 5.41) is -0.470. The second-order valence-electron chi connectivity index (χ2n) is 3.67. The molecule has 0 aliphatic carbocycles. The number of benzene rings is 1. The molecule has 0 aromatic heterocycles. The first kappa shape index (κ1) is 13.2. The highest BCUT2D eigenvalue weighted by molar-refractivity contribution is 7.92. The maximum atomic E-state index is 11.8. The Morgan fingerprint density at radius 2 is 1.75 bits per heavy atom. The fraction of sp³-hybridized carbons (Fsp3) is 0.364. The van der Waals surface area contributed by atoms with Crippen molar-refractivity contribution in [2.75, 3.05) is 5.88 Å². The second-order valence-corrected chi connectivity index (χ2v) is 6.45. The van der Waals surface area contributed by atoms with Crippen molar-refractivity contribution in [1.82, 2.24) is 0 Å². The van der Waals surface area contributed by atoms with Gasteiger partial charge in [0.05, 0.1) is 16.0 Å². The molecule has 3 nitrogen and oxygen atoms in total. The quantitative estimate of drug-likeness (QED) is 0.617. The van der Waals surface area contributed by atoms with E-state index in [0.29, 0.717) is 5.56 Å². The van der Waals surface area contributed by atoms with Gasteiger partial charge in [0.1, 0.15) is 0 Å². The molecule has 0 spiro atoms. The Hall–Kier alpha value is -0.870. The molecule has 0 amide bonds. The predicted molar refractivity (Wildman–Crippen MR) is 63.8 cm³/mol. The molecule has 0 N–H and O–H groups in total. The Morgan fingerprint density at radius 1 is 1.25 bits per heavy atom. The summed E-state index contributed by atoms with van der Waals surface area (Å²) in [5.74, 6) is -0.314. The molecule has 5 heteroatoms. The number of rotatable bonds is 4. The molecular weight excluding hydrogens is 248 g/mol. The highest BCUT2D eigenvalue weighted by Gasteiger charge is 2.19. The molecule has 0 aliphatic heterocycles. The van der Waals surface area contributed by atoms with Gasteiger partial charge in [-0.05, 0) is 26.0 Å². The summed E-state index contributed by atoms with van der Waals surface area (Å²) in [5.41, 5.74) is 0.428. The number of alkyl halides is 1. The van der Waals surface area contributed by atoms with Gasteiger partial charge in [0.2, 0.25) is 0 Å². The average Bonchev–Trinajstić information content (AvgIpc) is 2.28. The van der Waals surface area contributed by atoms with Gasteiger partial charge in [-0.1, -0.05) is 12.1 Å². The van der Waals surface area contributed by atoms with Crippen LogP contribution < -0.4 is 0 Å². The van der Waals surface area contributed by atoms with E-state index in [2.05, 4.69) is 0 Å². The van der Waals surface area contributed by atoms with Gasteiger partial charge in [0.15, 0.2) is 15.6 Å². The zero-order chi connectivity index (χ0) is 12.3. The molecule has 16 heavy (non-hydrogen) atoms. The molecule has 0 aliphatic rings. The summed E-state index contributed by atoms with van der Waals surface area (Å²) >= 11 is 5.40. The normalized spacial score (nSPS) is 11.8. The molecule has 0 heterocycles. The summed E-state index contributed by atoms with van der Waals surface area (Å²) in [6, 6.07) is 5.85. The summed E-state index contributed by atoms with van der Waals surface area (Å²) in [4.78, 5) is 11.5. The number of carbonyl (C=O) groups excluding carboxylic acids is 1. The minimum absolute atomic E-state index is 0.101. The van der Waals surface area contributed by atoms with Crippen LogP contribution in [-0.2, 0) is 9.84 Å². The summed E-state index contributed by atoms with van der Waals surface area (Å²) in [6.45, 7) is 3.24. The highest BCUT2D eigenvalue weighted by Crippen LogP contribution is 2.16. The lowest BCUT2D eigenvalue weighted by molar-refractivity contribution is 0.102. The lowest BCUT2D eigenvalue weighted by Crippen LogP contribution is -2.14. The number of ketones is 1. The average molecular weight is 261 g/mol. The van der Waals surface area contributed by atoms with E-state index in [1.54, 1.807) is 13.8 Å². The van der Waals surface area contributed by atoms with Gasteiger partial charge in [0, 0.05) is 5.56 Å². The topological polar surface area (TPSA) is 51.2 Å². The molecule has 0 atom stereocenters. The van der Waals surface area contributed by atoms with Gasteiger partial charge in [-0.2, -0.15) is 0 Å². The molecule has 0 bridgehead atoms. The van der Waals surface area contributed by atoms with Crippen molar-refractivity contribution in [1.29, 1.82) is 0 Å². The zero-order valence-electron chi connectivity index (χ0n) is 9.10. The van der Waals surface area contributed by atoms with Crippen LogP contribution in [-0.4, -0.2) is 25.3 Å². The molecule has 88 valence electrons. The van der Waals surface area contributed by atoms with Crippen LogP contribution in [0.15, 0.2) is 29.2 Å². The zero-order valence-corrected chi connectivity index (χ0v) is 10.7. The van der Waals surface area contributed by atoms with Crippen LogP contribution >= 0.6 is 11.6 Å². The van der Waals surface area contributed by atoms with E-state index in [-0.39, 0.29) is 16.6 Å². The number of sulfone groups is 1. The van der Waals surface area contributed by atoms with Gasteiger partial charge >= 0.3 is 0 Å². The highest BCUT2D eigenvalue weighted by atomic mass is 35.5. The van der Waals surface area contributed by atoms with E-state index < -0.39 is 15.1 Å². The largest absolute Gasteiger partial charge is 0.293 e. The maximum Gasteiger partial charge on any atom is 0.180 e. The number of halogens is 1. The molecule has 0 unspecified atom stereocenters. The number of carbonyl (C=O) groups is 1. The fourth-order valence-corrected chi connectivity index (χ4v) is 2.39. The Bertz CT molecular complexity index is 474. The van der Waals surface area contributed by atoms with Gasteiger partial charge in [-0.3, -0.25) is 4.79 Å². The van der Waals surface area contributed by atoms with E-state index in [1.165, 1.54) is 24.3 Å². The van der Waals surface area contributed by atoms with Gasteiger partial charge in [-0.25, -0.2) is 8.42 Å². The van der Waals surface area contributed by atoms with E-state index >= 15 is 0 Å². The first-order valence-electron chi connectivity index (χ1n) is 4.82. The van der Waals surface area contributed by atoms with Gasteiger partial charge in [0.25, 0.3) is 0 Å². The third-order valence-corrected chi connectivity index (χ3v) is 4.66. The van der Waals surface area contributed by atoms with Crippen molar-refractivity contribution in [3.05, 3.63) is 29.8 Å². The minimum Gasteiger partial charge on any atom is -0.293 e. The summed E-state index contributed by atoms with van der Waals surface area (Å²) < 4.78 is 23.5. The van der Waals surface area contributed by atoms with Crippen molar-refractivity contribution in [2.24, 2.45) is 0 Å². The summed E-state index contributed by atoms with van der Waals surface area (Å²) in [7, 11) is -3.27. The first-order valence-corrected chi connectivity index (χ1v) is 6.91. The van der Waals surface area contributed by atoms with Crippen LogP contribution in [0.4, 0.5) is 0 Å². The van der Waals surface area contributed by atoms with Crippen LogP contribution in [0.3, 0.4) is 0 Å². The number of hydrogen-bond donors (Lipinski definition) is 0. The van der Waals surface area contributed by atoms with E-state index in [1.807, 2.05) is 0 Å². The minimum atomic E-state index is -3.27.